The van der Waals surface area contributed by atoms with E-state index in [0.29, 0.717) is 0 Å². The Bertz CT molecular complexity index is 637. The summed E-state index contributed by atoms with van der Waals surface area (Å²) < 4.78 is 30.1. The lowest BCUT2D eigenvalue weighted by Crippen LogP contribution is -2.45. The zero-order valence-corrected chi connectivity index (χ0v) is 11.5. The van der Waals surface area contributed by atoms with Gasteiger partial charge in [-0.25, -0.2) is 0 Å². The molecule has 100 valence electrons. The Labute approximate surface area is 112 Å². The molecule has 0 unspecified atom stereocenters. The zero-order chi connectivity index (χ0) is 13.9. The smallest absolute Gasteiger partial charge is 0.377 e. The number of hydrogen-bond donors (Lipinski definition) is 0. The normalized spacial score (nSPS) is 11.1. The molecule has 0 saturated carbocycles. The maximum Gasteiger partial charge on any atom is 0.396 e. The molecule has 0 aliphatic carbocycles. The van der Waals surface area contributed by atoms with Gasteiger partial charge in [-0.2, -0.15) is 8.42 Å². The van der Waals surface area contributed by atoms with Crippen LogP contribution in [-0.4, -0.2) is 22.5 Å². The first kappa shape index (κ1) is 13.4. The van der Waals surface area contributed by atoms with Crippen LogP contribution in [0.2, 0.25) is 0 Å². The highest BCUT2D eigenvalue weighted by atomic mass is 32.2. The Morgan fingerprint density at radius 2 is 1.58 bits per heavy atom. The molecule has 1 aromatic carbocycles. The van der Waals surface area contributed by atoms with E-state index in [2.05, 4.69) is 0 Å². The highest BCUT2D eigenvalue weighted by molar-refractivity contribution is 7.86. The van der Waals surface area contributed by atoms with Gasteiger partial charge in [-0.1, -0.05) is 18.2 Å². The van der Waals surface area contributed by atoms with Crippen molar-refractivity contribution in [2.45, 2.75) is 4.90 Å². The van der Waals surface area contributed by atoms with Gasteiger partial charge in [0.05, 0.1) is 0 Å². The summed E-state index contributed by atoms with van der Waals surface area (Å²) in [5, 5.41) is 0. The first-order valence-electron chi connectivity index (χ1n) is 5.68. The van der Waals surface area contributed by atoms with E-state index in [0.717, 1.165) is 10.4 Å². The Balaban J connectivity index is 2.21. The van der Waals surface area contributed by atoms with E-state index in [1.54, 1.807) is 42.7 Å². The molecule has 0 amide bonds. The third-order valence-corrected chi connectivity index (χ3v) is 3.73. The van der Waals surface area contributed by atoms with Crippen molar-refractivity contribution in [3.8, 4) is 0 Å². The number of benzene rings is 1. The molecule has 1 heterocycles. The standard InChI is InChI=1S/C13H15N2O3S/c1-14(2)12-8-10-15(11-9-12)18-19(16,17)13-6-4-3-5-7-13/h3-11H,1-2H3/q+1. The average molecular weight is 279 g/mol. The largest absolute Gasteiger partial charge is 0.396 e. The van der Waals surface area contributed by atoms with Crippen LogP contribution >= 0.6 is 0 Å². The predicted octanol–water partition coefficient (Wildman–Crippen LogP) is 0.858. The molecule has 2 rings (SSSR count). The molecular formula is C13H15N2O3S+. The van der Waals surface area contributed by atoms with Crippen molar-refractivity contribution in [2.75, 3.05) is 19.0 Å². The van der Waals surface area contributed by atoms with Crippen molar-refractivity contribution >= 4 is 15.8 Å². The van der Waals surface area contributed by atoms with Crippen LogP contribution in [0.5, 0.6) is 0 Å². The summed E-state index contributed by atoms with van der Waals surface area (Å²) >= 11 is 0. The molecule has 1 aromatic heterocycles. The van der Waals surface area contributed by atoms with Crippen LogP contribution in [0.25, 0.3) is 0 Å². The maximum atomic E-state index is 12.0. The number of pyridine rings is 1. The van der Waals surface area contributed by atoms with E-state index in [1.165, 1.54) is 12.1 Å². The van der Waals surface area contributed by atoms with Gasteiger partial charge in [-0.15, -0.1) is 4.28 Å². The first-order valence-corrected chi connectivity index (χ1v) is 7.08. The van der Waals surface area contributed by atoms with Crippen LogP contribution in [0.4, 0.5) is 5.69 Å². The van der Waals surface area contributed by atoms with E-state index in [-0.39, 0.29) is 4.90 Å². The molecule has 2 aromatic rings. The molecule has 0 N–H and O–H groups in total. The van der Waals surface area contributed by atoms with Gasteiger partial charge in [0.2, 0.25) is 12.4 Å². The van der Waals surface area contributed by atoms with Gasteiger partial charge in [-0.05, 0) is 12.1 Å². The lowest BCUT2D eigenvalue weighted by Gasteiger charge is -2.09. The minimum absolute atomic E-state index is 0.124. The fraction of sp³-hybridized carbons (Fsp3) is 0.154. The lowest BCUT2D eigenvalue weighted by molar-refractivity contribution is -0.856. The summed E-state index contributed by atoms with van der Waals surface area (Å²) in [6.45, 7) is 0. The fourth-order valence-corrected chi connectivity index (χ4v) is 2.40. The Hall–Kier alpha value is -2.08. The maximum absolute atomic E-state index is 12.0. The average Bonchev–Trinajstić information content (AvgIpc) is 2.40. The van der Waals surface area contributed by atoms with Crippen molar-refractivity contribution in [1.82, 2.24) is 0 Å². The van der Waals surface area contributed by atoms with E-state index < -0.39 is 10.1 Å². The molecule has 0 saturated heterocycles. The molecule has 0 atom stereocenters. The lowest BCUT2D eigenvalue weighted by atomic mass is 10.4. The van der Waals surface area contributed by atoms with Crippen molar-refractivity contribution in [3.05, 3.63) is 54.9 Å². The number of anilines is 1. The molecule has 6 heteroatoms. The molecule has 0 spiro atoms. The van der Waals surface area contributed by atoms with Crippen LogP contribution < -0.4 is 13.9 Å². The minimum Gasteiger partial charge on any atom is -0.377 e. The highest BCUT2D eigenvalue weighted by Gasteiger charge is 2.21. The summed E-state index contributed by atoms with van der Waals surface area (Å²) in [6, 6.07) is 11.6. The first-order chi connectivity index (χ1) is 8.99. The van der Waals surface area contributed by atoms with Gasteiger partial charge in [0, 0.05) is 36.6 Å². The predicted molar refractivity (Wildman–Crippen MR) is 71.2 cm³/mol. The molecule has 0 aliphatic heterocycles. The van der Waals surface area contributed by atoms with E-state index in [4.69, 9.17) is 4.28 Å². The molecular weight excluding hydrogens is 264 g/mol. The van der Waals surface area contributed by atoms with Crippen molar-refractivity contribution < 1.29 is 17.4 Å². The van der Waals surface area contributed by atoms with Crippen LogP contribution in [0.15, 0.2) is 59.8 Å². The molecule has 0 aliphatic rings. The molecule has 0 bridgehead atoms. The number of rotatable bonds is 4. The third kappa shape index (κ3) is 3.23. The van der Waals surface area contributed by atoms with Crippen LogP contribution in [0.1, 0.15) is 0 Å². The summed E-state index contributed by atoms with van der Waals surface area (Å²) in [5.74, 6) is 0. The highest BCUT2D eigenvalue weighted by Crippen LogP contribution is 2.08. The Morgan fingerprint density at radius 3 is 2.11 bits per heavy atom. The Morgan fingerprint density at radius 1 is 1.00 bits per heavy atom. The van der Waals surface area contributed by atoms with Crippen molar-refractivity contribution in [2.24, 2.45) is 0 Å². The summed E-state index contributed by atoms with van der Waals surface area (Å²) in [5.41, 5.74) is 0.956. The summed E-state index contributed by atoms with van der Waals surface area (Å²) in [4.78, 5) is 2.04. The van der Waals surface area contributed by atoms with Crippen LogP contribution in [-0.2, 0) is 10.1 Å². The second-order valence-corrected chi connectivity index (χ2v) is 5.68. The summed E-state index contributed by atoms with van der Waals surface area (Å²) in [7, 11) is 0.0109. The van der Waals surface area contributed by atoms with Gasteiger partial charge in [0.15, 0.2) is 0 Å². The van der Waals surface area contributed by atoms with Gasteiger partial charge in [0.1, 0.15) is 4.90 Å². The van der Waals surface area contributed by atoms with E-state index in [9.17, 15) is 8.42 Å². The van der Waals surface area contributed by atoms with Gasteiger partial charge in [-0.3, -0.25) is 0 Å². The minimum atomic E-state index is -3.80. The van der Waals surface area contributed by atoms with Gasteiger partial charge >= 0.3 is 10.1 Å². The van der Waals surface area contributed by atoms with Crippen LogP contribution in [0.3, 0.4) is 0 Å². The second kappa shape index (κ2) is 5.27. The monoisotopic (exact) mass is 279 g/mol. The van der Waals surface area contributed by atoms with Crippen LogP contribution in [0, 0.1) is 0 Å². The second-order valence-electron chi connectivity index (χ2n) is 4.15. The van der Waals surface area contributed by atoms with E-state index >= 15 is 0 Å². The molecule has 0 radical (unpaired) electrons. The molecule has 5 nitrogen and oxygen atoms in total. The van der Waals surface area contributed by atoms with Crippen molar-refractivity contribution in [1.29, 1.82) is 0 Å². The quantitative estimate of drug-likeness (QED) is 0.779. The number of hydrogen-bond acceptors (Lipinski definition) is 4. The Kier molecular flexibility index (Phi) is 3.71. The third-order valence-electron chi connectivity index (χ3n) is 2.52. The van der Waals surface area contributed by atoms with Gasteiger partial charge in [0.25, 0.3) is 0 Å². The SMILES string of the molecule is CN(C)c1cc[n+](OS(=O)(=O)c2ccccc2)cc1. The number of nitrogens with zero attached hydrogens (tertiary/aromatic N) is 2. The van der Waals surface area contributed by atoms with Crippen molar-refractivity contribution in [3.63, 3.8) is 0 Å². The van der Waals surface area contributed by atoms with E-state index in [1.807, 2.05) is 19.0 Å². The topological polar surface area (TPSA) is 50.5 Å². The van der Waals surface area contributed by atoms with Gasteiger partial charge < -0.3 is 4.90 Å². The fourth-order valence-electron chi connectivity index (χ4n) is 1.50. The zero-order valence-electron chi connectivity index (χ0n) is 10.7. The molecule has 0 fully saturated rings. The molecule has 19 heavy (non-hydrogen) atoms. The number of aromatic nitrogens is 1. The summed E-state index contributed by atoms with van der Waals surface area (Å²) in [6.07, 6.45) is 3.10.